The van der Waals surface area contributed by atoms with Gasteiger partial charge in [-0.3, -0.25) is 4.79 Å². The Hall–Kier alpha value is -1.44. The molecular formula is C18H29N3O3S. The van der Waals surface area contributed by atoms with Crippen LogP contribution in [0.1, 0.15) is 24.0 Å². The Morgan fingerprint density at radius 3 is 2.36 bits per heavy atom. The van der Waals surface area contributed by atoms with Crippen LogP contribution >= 0.6 is 0 Å². The summed E-state index contributed by atoms with van der Waals surface area (Å²) in [7, 11) is 0.592. The molecule has 1 aliphatic heterocycles. The third-order valence-electron chi connectivity index (χ3n) is 4.55. The topological polar surface area (TPSA) is 69.7 Å². The molecule has 1 aromatic rings. The van der Waals surface area contributed by atoms with Gasteiger partial charge in [-0.1, -0.05) is 29.8 Å². The van der Waals surface area contributed by atoms with Gasteiger partial charge in [0.2, 0.25) is 15.9 Å². The molecule has 1 N–H and O–H groups in total. The number of aryl methyl sites for hydroxylation is 1. The molecule has 0 spiro atoms. The van der Waals surface area contributed by atoms with Crippen molar-refractivity contribution in [2.45, 2.75) is 25.5 Å². The molecule has 2 rings (SSSR count). The lowest BCUT2D eigenvalue weighted by Gasteiger charge is -2.30. The average Bonchev–Trinajstić information content (AvgIpc) is 2.56. The Labute approximate surface area is 151 Å². The van der Waals surface area contributed by atoms with E-state index >= 15 is 0 Å². The average molecular weight is 368 g/mol. The molecule has 0 aromatic heterocycles. The molecule has 1 amide bonds. The second kappa shape index (κ2) is 8.78. The molecule has 0 aliphatic carbocycles. The van der Waals surface area contributed by atoms with E-state index in [2.05, 4.69) is 5.32 Å². The summed E-state index contributed by atoms with van der Waals surface area (Å²) in [5, 5.41) is 2.93. The maximum atomic E-state index is 12.6. The Bertz CT molecular complexity index is 663. The fourth-order valence-corrected chi connectivity index (χ4v) is 4.49. The van der Waals surface area contributed by atoms with Crippen LogP contribution in [-0.4, -0.2) is 63.8 Å². The quantitative estimate of drug-likeness (QED) is 0.787. The lowest BCUT2D eigenvalue weighted by molar-refractivity contribution is -0.126. The molecule has 1 aliphatic rings. The fraction of sp³-hybridized carbons (Fsp3) is 0.611. The van der Waals surface area contributed by atoms with Gasteiger partial charge < -0.3 is 10.2 Å². The third kappa shape index (κ3) is 6.09. The van der Waals surface area contributed by atoms with Crippen molar-refractivity contribution in [2.75, 3.05) is 40.3 Å². The molecule has 1 aromatic carbocycles. The van der Waals surface area contributed by atoms with Crippen molar-refractivity contribution in [3.05, 3.63) is 35.4 Å². The maximum absolute atomic E-state index is 12.6. The van der Waals surface area contributed by atoms with E-state index in [1.54, 1.807) is 0 Å². The minimum Gasteiger partial charge on any atom is -0.355 e. The van der Waals surface area contributed by atoms with Crippen LogP contribution < -0.4 is 5.32 Å². The Morgan fingerprint density at radius 2 is 1.80 bits per heavy atom. The number of hydrogen-bond acceptors (Lipinski definition) is 4. The monoisotopic (exact) mass is 367 g/mol. The Morgan fingerprint density at radius 1 is 1.20 bits per heavy atom. The number of carbonyl (C=O) groups is 1. The molecule has 140 valence electrons. The van der Waals surface area contributed by atoms with Crippen LogP contribution in [0.25, 0.3) is 0 Å². The van der Waals surface area contributed by atoms with Gasteiger partial charge in [-0.05, 0) is 39.4 Å². The van der Waals surface area contributed by atoms with Crippen molar-refractivity contribution in [3.63, 3.8) is 0 Å². The number of nitrogens with zero attached hydrogens (tertiary/aromatic N) is 2. The highest BCUT2D eigenvalue weighted by Crippen LogP contribution is 2.22. The van der Waals surface area contributed by atoms with Crippen LogP contribution in [0, 0.1) is 12.8 Å². The van der Waals surface area contributed by atoms with E-state index in [0.717, 1.165) is 17.7 Å². The van der Waals surface area contributed by atoms with Crippen molar-refractivity contribution in [1.82, 2.24) is 14.5 Å². The molecule has 25 heavy (non-hydrogen) atoms. The van der Waals surface area contributed by atoms with Gasteiger partial charge in [0.05, 0.1) is 5.75 Å². The standard InChI is InChI=1S/C18H29N3O3S/c1-15-4-6-16(7-5-15)14-25(23,24)21-11-8-17(9-12-21)18(22)19-10-13-20(2)3/h4-7,17H,8-14H2,1-3H3,(H,19,22). The summed E-state index contributed by atoms with van der Waals surface area (Å²) in [4.78, 5) is 14.2. The van der Waals surface area contributed by atoms with Crippen LogP contribution in [0.2, 0.25) is 0 Å². The lowest BCUT2D eigenvalue weighted by Crippen LogP contribution is -2.44. The number of nitrogens with one attached hydrogen (secondary N) is 1. The van der Waals surface area contributed by atoms with Gasteiger partial charge in [-0.15, -0.1) is 0 Å². The zero-order valence-corrected chi connectivity index (χ0v) is 16.2. The Kier molecular flexibility index (Phi) is 6.98. The summed E-state index contributed by atoms with van der Waals surface area (Å²) in [6.45, 7) is 4.24. The second-order valence-electron chi connectivity index (χ2n) is 7.01. The number of hydrogen-bond donors (Lipinski definition) is 1. The van der Waals surface area contributed by atoms with E-state index in [4.69, 9.17) is 0 Å². The maximum Gasteiger partial charge on any atom is 0.223 e. The predicted molar refractivity (Wildman–Crippen MR) is 99.7 cm³/mol. The van der Waals surface area contributed by atoms with E-state index in [-0.39, 0.29) is 17.6 Å². The van der Waals surface area contributed by atoms with E-state index in [9.17, 15) is 13.2 Å². The molecular weight excluding hydrogens is 338 g/mol. The summed E-state index contributed by atoms with van der Waals surface area (Å²) in [6, 6.07) is 7.57. The number of likely N-dealkylation sites (N-methyl/N-ethyl adjacent to an activating group) is 1. The minimum atomic E-state index is -3.33. The third-order valence-corrected chi connectivity index (χ3v) is 6.40. The summed E-state index contributed by atoms with van der Waals surface area (Å²) < 4.78 is 26.7. The minimum absolute atomic E-state index is 0.0208. The van der Waals surface area contributed by atoms with Crippen LogP contribution in [-0.2, 0) is 20.6 Å². The van der Waals surface area contributed by atoms with Crippen LogP contribution in [0.5, 0.6) is 0 Å². The van der Waals surface area contributed by atoms with E-state index in [1.165, 1.54) is 4.31 Å². The molecule has 0 atom stereocenters. The molecule has 1 saturated heterocycles. The van der Waals surface area contributed by atoms with Gasteiger partial charge in [-0.2, -0.15) is 0 Å². The molecule has 0 radical (unpaired) electrons. The number of sulfonamides is 1. The number of rotatable bonds is 7. The van der Waals surface area contributed by atoms with E-state index in [1.807, 2.05) is 50.2 Å². The number of benzene rings is 1. The molecule has 0 unspecified atom stereocenters. The summed E-state index contributed by atoms with van der Waals surface area (Å²) in [5.41, 5.74) is 1.91. The first-order chi connectivity index (χ1) is 11.8. The van der Waals surface area contributed by atoms with Crippen molar-refractivity contribution in [1.29, 1.82) is 0 Å². The van der Waals surface area contributed by atoms with Gasteiger partial charge in [-0.25, -0.2) is 12.7 Å². The molecule has 1 fully saturated rings. The molecule has 6 nitrogen and oxygen atoms in total. The predicted octanol–water partition coefficient (Wildman–Crippen LogP) is 1.21. The van der Waals surface area contributed by atoms with Gasteiger partial charge in [0.25, 0.3) is 0 Å². The van der Waals surface area contributed by atoms with Crippen molar-refractivity contribution in [2.24, 2.45) is 5.92 Å². The normalized spacial score (nSPS) is 17.0. The van der Waals surface area contributed by atoms with Crippen LogP contribution in [0.3, 0.4) is 0 Å². The number of piperidine rings is 1. The fourth-order valence-electron chi connectivity index (χ4n) is 2.93. The highest BCUT2D eigenvalue weighted by Gasteiger charge is 2.30. The van der Waals surface area contributed by atoms with Gasteiger partial charge in [0, 0.05) is 32.1 Å². The van der Waals surface area contributed by atoms with Crippen molar-refractivity contribution >= 4 is 15.9 Å². The van der Waals surface area contributed by atoms with E-state index in [0.29, 0.717) is 32.5 Å². The highest BCUT2D eigenvalue weighted by atomic mass is 32.2. The molecule has 1 heterocycles. The van der Waals surface area contributed by atoms with Gasteiger partial charge in [0.1, 0.15) is 0 Å². The van der Waals surface area contributed by atoms with Crippen molar-refractivity contribution in [3.8, 4) is 0 Å². The first-order valence-corrected chi connectivity index (χ1v) is 10.3. The first kappa shape index (κ1) is 19.9. The first-order valence-electron chi connectivity index (χ1n) is 8.74. The summed E-state index contributed by atoms with van der Waals surface area (Å²) >= 11 is 0. The second-order valence-corrected chi connectivity index (χ2v) is 8.98. The zero-order chi connectivity index (χ0) is 18.4. The van der Waals surface area contributed by atoms with Crippen LogP contribution in [0.4, 0.5) is 0 Å². The van der Waals surface area contributed by atoms with Crippen molar-refractivity contribution < 1.29 is 13.2 Å². The van der Waals surface area contributed by atoms with Crippen LogP contribution in [0.15, 0.2) is 24.3 Å². The zero-order valence-electron chi connectivity index (χ0n) is 15.4. The van der Waals surface area contributed by atoms with Gasteiger partial charge in [0.15, 0.2) is 0 Å². The molecule has 0 bridgehead atoms. The number of carbonyl (C=O) groups excluding carboxylic acids is 1. The van der Waals surface area contributed by atoms with E-state index < -0.39 is 10.0 Å². The van der Waals surface area contributed by atoms with Gasteiger partial charge >= 0.3 is 0 Å². The molecule has 7 heteroatoms. The smallest absolute Gasteiger partial charge is 0.223 e. The SMILES string of the molecule is Cc1ccc(CS(=O)(=O)N2CCC(C(=O)NCCN(C)C)CC2)cc1. The highest BCUT2D eigenvalue weighted by molar-refractivity contribution is 7.88. The largest absolute Gasteiger partial charge is 0.355 e. The lowest BCUT2D eigenvalue weighted by atomic mass is 9.97. The molecule has 0 saturated carbocycles. The summed E-state index contributed by atoms with van der Waals surface area (Å²) in [6.07, 6.45) is 1.17. The Balaban J connectivity index is 1.84. The number of amides is 1. The summed E-state index contributed by atoms with van der Waals surface area (Å²) in [5.74, 6) is -0.0297.